The molecule has 0 bridgehead atoms. The number of hydrogen-bond acceptors (Lipinski definition) is 3. The first-order chi connectivity index (χ1) is 14.0. The third-order valence-electron chi connectivity index (χ3n) is 6.39. The fourth-order valence-corrected chi connectivity index (χ4v) is 4.91. The van der Waals surface area contributed by atoms with Crippen molar-refractivity contribution in [3.63, 3.8) is 0 Å². The van der Waals surface area contributed by atoms with Crippen molar-refractivity contribution in [2.75, 3.05) is 32.8 Å². The van der Waals surface area contributed by atoms with Crippen LogP contribution in [0.15, 0.2) is 36.5 Å². The molecular formula is C23H29N3O3. The maximum Gasteiger partial charge on any atom is 0.255 e. The molecule has 0 aliphatic carbocycles. The Labute approximate surface area is 171 Å². The molecule has 0 saturated carbocycles. The Morgan fingerprint density at radius 1 is 1.14 bits per heavy atom. The lowest BCUT2D eigenvalue weighted by Crippen LogP contribution is -2.39. The standard InChI is InChI=1S/C23H29N3O3/c1-4-29-14-21(27)26-12-17-11-25(23(28)19-9-10-24-16(19)3)13-20(17)22(26)18-8-6-5-7-15(18)2/h5-10,17,20,22,24H,4,11-14H2,1-3H3/t17-,20-,22-/m0/s1. The van der Waals surface area contributed by atoms with Gasteiger partial charge in [0.15, 0.2) is 0 Å². The lowest BCUT2D eigenvalue weighted by Gasteiger charge is -2.31. The molecule has 154 valence electrons. The summed E-state index contributed by atoms with van der Waals surface area (Å²) in [4.78, 5) is 33.0. The molecule has 6 nitrogen and oxygen atoms in total. The summed E-state index contributed by atoms with van der Waals surface area (Å²) in [6, 6.07) is 10.1. The monoisotopic (exact) mass is 395 g/mol. The summed E-state index contributed by atoms with van der Waals surface area (Å²) in [5.74, 6) is 0.640. The first-order valence-electron chi connectivity index (χ1n) is 10.4. The van der Waals surface area contributed by atoms with Gasteiger partial charge in [-0.05, 0) is 38.0 Å². The number of carbonyl (C=O) groups excluding carboxylic acids is 2. The number of aromatic nitrogens is 1. The number of hydrogen-bond donors (Lipinski definition) is 1. The van der Waals surface area contributed by atoms with Crippen LogP contribution in [0.25, 0.3) is 0 Å². The van der Waals surface area contributed by atoms with E-state index in [0.717, 1.165) is 11.3 Å². The van der Waals surface area contributed by atoms with Gasteiger partial charge in [-0.25, -0.2) is 0 Å². The topological polar surface area (TPSA) is 65.6 Å². The molecule has 2 aliphatic rings. The normalized spacial score (nSPS) is 23.5. The Hall–Kier alpha value is -2.60. The van der Waals surface area contributed by atoms with Crippen molar-refractivity contribution >= 4 is 11.8 Å². The average Bonchev–Trinajstić information content (AvgIpc) is 3.40. The van der Waals surface area contributed by atoms with E-state index >= 15 is 0 Å². The van der Waals surface area contributed by atoms with Gasteiger partial charge in [0.05, 0.1) is 11.6 Å². The number of H-pyrrole nitrogens is 1. The zero-order valence-corrected chi connectivity index (χ0v) is 17.4. The van der Waals surface area contributed by atoms with Crippen LogP contribution in [-0.4, -0.2) is 59.4 Å². The molecule has 3 heterocycles. The molecule has 0 unspecified atom stereocenters. The van der Waals surface area contributed by atoms with Crippen molar-refractivity contribution in [1.29, 1.82) is 0 Å². The van der Waals surface area contributed by atoms with Crippen molar-refractivity contribution in [2.24, 2.45) is 11.8 Å². The summed E-state index contributed by atoms with van der Waals surface area (Å²) < 4.78 is 5.41. The molecule has 1 aromatic heterocycles. The maximum absolute atomic E-state index is 13.0. The van der Waals surface area contributed by atoms with Gasteiger partial charge in [-0.15, -0.1) is 0 Å². The molecule has 4 rings (SSSR count). The van der Waals surface area contributed by atoms with Crippen LogP contribution in [0.2, 0.25) is 0 Å². The zero-order chi connectivity index (χ0) is 20.5. The number of carbonyl (C=O) groups is 2. The largest absolute Gasteiger partial charge is 0.372 e. The first kappa shape index (κ1) is 19.7. The SMILES string of the molecule is CCOCC(=O)N1C[C@@H]2CN(C(=O)c3cc[nH]c3C)C[C@@H]2[C@@H]1c1ccccc1C. The number of rotatable bonds is 5. The van der Waals surface area contributed by atoms with Crippen molar-refractivity contribution < 1.29 is 14.3 Å². The van der Waals surface area contributed by atoms with Crippen molar-refractivity contribution in [1.82, 2.24) is 14.8 Å². The minimum Gasteiger partial charge on any atom is -0.372 e. The summed E-state index contributed by atoms with van der Waals surface area (Å²) in [7, 11) is 0. The minimum atomic E-state index is -0.0146. The summed E-state index contributed by atoms with van der Waals surface area (Å²) >= 11 is 0. The number of aromatic amines is 1. The van der Waals surface area contributed by atoms with E-state index < -0.39 is 0 Å². The van der Waals surface area contributed by atoms with Gasteiger partial charge < -0.3 is 19.5 Å². The second-order valence-corrected chi connectivity index (χ2v) is 8.14. The molecule has 2 saturated heterocycles. The van der Waals surface area contributed by atoms with Crippen LogP contribution >= 0.6 is 0 Å². The Balaban J connectivity index is 1.60. The van der Waals surface area contributed by atoms with Crippen LogP contribution in [0.1, 0.15) is 40.1 Å². The lowest BCUT2D eigenvalue weighted by molar-refractivity contribution is -0.137. The van der Waals surface area contributed by atoms with E-state index in [1.807, 2.05) is 48.0 Å². The second-order valence-electron chi connectivity index (χ2n) is 8.14. The van der Waals surface area contributed by atoms with Crippen LogP contribution in [-0.2, 0) is 9.53 Å². The van der Waals surface area contributed by atoms with E-state index in [9.17, 15) is 9.59 Å². The number of ether oxygens (including phenoxy) is 1. The Kier molecular flexibility index (Phi) is 5.46. The number of fused-ring (bicyclic) bond motifs is 1. The molecule has 2 aromatic rings. The van der Waals surface area contributed by atoms with Crippen LogP contribution in [0.5, 0.6) is 0 Å². The smallest absolute Gasteiger partial charge is 0.255 e. The number of nitrogens with zero attached hydrogens (tertiary/aromatic N) is 2. The van der Waals surface area contributed by atoms with Crippen LogP contribution in [0.4, 0.5) is 0 Å². The molecule has 1 N–H and O–H groups in total. The van der Waals surface area contributed by atoms with Gasteiger partial charge in [-0.2, -0.15) is 0 Å². The summed E-state index contributed by atoms with van der Waals surface area (Å²) in [5, 5.41) is 0. The third-order valence-corrected chi connectivity index (χ3v) is 6.39. The van der Waals surface area contributed by atoms with Crippen molar-refractivity contribution in [2.45, 2.75) is 26.8 Å². The minimum absolute atomic E-state index is 0.0146. The molecule has 2 aliphatic heterocycles. The third kappa shape index (κ3) is 3.57. The predicted octanol–water partition coefficient (Wildman–Crippen LogP) is 2.94. The molecule has 2 amide bonds. The van der Waals surface area contributed by atoms with Crippen LogP contribution < -0.4 is 0 Å². The zero-order valence-electron chi connectivity index (χ0n) is 17.4. The molecule has 6 heteroatoms. The lowest BCUT2D eigenvalue weighted by atomic mass is 9.87. The van der Waals surface area contributed by atoms with Crippen molar-refractivity contribution in [3.05, 3.63) is 58.9 Å². The van der Waals surface area contributed by atoms with Crippen LogP contribution in [0, 0.1) is 25.7 Å². The quantitative estimate of drug-likeness (QED) is 0.847. The summed E-state index contributed by atoms with van der Waals surface area (Å²) in [6.45, 7) is 8.59. The number of likely N-dealkylation sites (tertiary alicyclic amines) is 2. The Bertz CT molecular complexity index is 906. The highest BCUT2D eigenvalue weighted by atomic mass is 16.5. The molecule has 0 radical (unpaired) electrons. The number of benzene rings is 1. The van der Waals surface area contributed by atoms with Gasteiger partial charge in [0.2, 0.25) is 5.91 Å². The highest BCUT2D eigenvalue weighted by molar-refractivity contribution is 5.95. The van der Waals surface area contributed by atoms with Gasteiger partial charge in [-0.3, -0.25) is 9.59 Å². The summed E-state index contributed by atoms with van der Waals surface area (Å²) in [6.07, 6.45) is 1.81. The molecule has 3 atom stereocenters. The van der Waals surface area contributed by atoms with E-state index in [1.54, 1.807) is 0 Å². The fraction of sp³-hybridized carbons (Fsp3) is 0.478. The predicted molar refractivity (Wildman–Crippen MR) is 111 cm³/mol. The van der Waals surface area contributed by atoms with Gasteiger partial charge in [0.25, 0.3) is 5.91 Å². The summed E-state index contributed by atoms with van der Waals surface area (Å²) in [5.41, 5.74) is 3.99. The highest BCUT2D eigenvalue weighted by Gasteiger charge is 2.50. The molecule has 29 heavy (non-hydrogen) atoms. The maximum atomic E-state index is 13.0. The average molecular weight is 396 g/mol. The van der Waals surface area contributed by atoms with E-state index in [2.05, 4.69) is 24.0 Å². The van der Waals surface area contributed by atoms with E-state index in [0.29, 0.717) is 26.2 Å². The highest BCUT2D eigenvalue weighted by Crippen LogP contribution is 2.46. The molecule has 1 aromatic carbocycles. The van der Waals surface area contributed by atoms with E-state index in [4.69, 9.17) is 4.74 Å². The first-order valence-corrected chi connectivity index (χ1v) is 10.4. The fourth-order valence-electron chi connectivity index (χ4n) is 4.91. The van der Waals surface area contributed by atoms with E-state index in [1.165, 1.54) is 11.1 Å². The molecule has 2 fully saturated rings. The Morgan fingerprint density at radius 3 is 2.62 bits per heavy atom. The number of nitrogens with one attached hydrogen (secondary N) is 1. The Morgan fingerprint density at radius 2 is 1.93 bits per heavy atom. The number of aryl methyl sites for hydroxylation is 2. The molecule has 0 spiro atoms. The number of amides is 2. The van der Waals surface area contributed by atoms with Crippen molar-refractivity contribution in [3.8, 4) is 0 Å². The van der Waals surface area contributed by atoms with E-state index in [-0.39, 0.29) is 36.3 Å². The molecular weight excluding hydrogens is 366 g/mol. The van der Waals surface area contributed by atoms with Gasteiger partial charge in [0.1, 0.15) is 6.61 Å². The van der Waals surface area contributed by atoms with Gasteiger partial charge in [-0.1, -0.05) is 24.3 Å². The second kappa shape index (κ2) is 8.03. The van der Waals surface area contributed by atoms with Gasteiger partial charge >= 0.3 is 0 Å². The van der Waals surface area contributed by atoms with Crippen LogP contribution in [0.3, 0.4) is 0 Å². The van der Waals surface area contributed by atoms with Gasteiger partial charge in [0, 0.05) is 50.0 Å².